The lowest BCUT2D eigenvalue weighted by Crippen LogP contribution is -2.54. The summed E-state index contributed by atoms with van der Waals surface area (Å²) in [7, 11) is 2.34. The molecule has 4 rings (SSSR count). The molecule has 2 aliphatic rings. The van der Waals surface area contributed by atoms with Gasteiger partial charge in [-0.3, -0.25) is 4.79 Å². The van der Waals surface area contributed by atoms with Crippen LogP contribution >= 0.6 is 0 Å². The summed E-state index contributed by atoms with van der Waals surface area (Å²) in [5.74, 6) is 0.477. The molecule has 0 spiro atoms. The fourth-order valence-corrected chi connectivity index (χ4v) is 4.65. The van der Waals surface area contributed by atoms with Crippen LogP contribution in [0.2, 0.25) is 0 Å². The van der Waals surface area contributed by atoms with E-state index < -0.39 is 36.6 Å². The van der Waals surface area contributed by atoms with Crippen LogP contribution in [0.25, 0.3) is 11.3 Å². The Morgan fingerprint density at radius 3 is 2.41 bits per heavy atom. The van der Waals surface area contributed by atoms with Crippen molar-refractivity contribution in [2.75, 3.05) is 20.8 Å². The molecule has 1 unspecified atom stereocenters. The molecule has 0 saturated carbocycles. The number of methoxy groups -OCH3 is 2. The second kappa shape index (κ2) is 10.5. The Kier molecular flexibility index (Phi) is 7.68. The lowest BCUT2D eigenvalue weighted by molar-refractivity contribution is -0.137. The first kappa shape index (κ1) is 27.2. The Labute approximate surface area is 218 Å². The number of benzene rings is 1. The summed E-state index contributed by atoms with van der Waals surface area (Å²) in [5, 5.41) is 2.61. The second-order valence-electron chi connectivity index (χ2n) is 10.6. The number of hydrogen-bond donors (Lipinski definition) is 2. The minimum absolute atomic E-state index is 0.226. The van der Waals surface area contributed by atoms with E-state index in [0.29, 0.717) is 12.4 Å². The van der Waals surface area contributed by atoms with E-state index in [1.807, 2.05) is 52.0 Å². The van der Waals surface area contributed by atoms with E-state index in [1.54, 1.807) is 18.0 Å². The van der Waals surface area contributed by atoms with Crippen LogP contribution in [0.15, 0.2) is 30.5 Å². The molecule has 200 valence electrons. The third-order valence-corrected chi connectivity index (χ3v) is 7.76. The SMILES string of the molecule is COC(=O)NC(C(=O)N1CCC[C@H]1c1ncc(-c2ccc(B3OC(C)(C)C(C)(C)O3)cc2)[nH]1)[C@@H](C)OC. The number of carbonyl (C=O) groups excluding carboxylic acids is 2. The van der Waals surface area contributed by atoms with Crippen LogP contribution < -0.4 is 10.8 Å². The van der Waals surface area contributed by atoms with Crippen LogP contribution in [0.4, 0.5) is 4.79 Å². The van der Waals surface area contributed by atoms with Gasteiger partial charge < -0.3 is 34.0 Å². The fourth-order valence-electron chi connectivity index (χ4n) is 4.65. The Hall–Kier alpha value is -2.89. The van der Waals surface area contributed by atoms with E-state index in [9.17, 15) is 9.59 Å². The highest BCUT2D eigenvalue weighted by atomic mass is 16.7. The van der Waals surface area contributed by atoms with E-state index in [2.05, 4.69) is 15.3 Å². The highest BCUT2D eigenvalue weighted by molar-refractivity contribution is 6.62. The maximum atomic E-state index is 13.4. The molecule has 0 aliphatic carbocycles. The molecule has 11 heteroatoms. The van der Waals surface area contributed by atoms with Gasteiger partial charge in [0.2, 0.25) is 5.91 Å². The third kappa shape index (κ3) is 5.39. The van der Waals surface area contributed by atoms with Gasteiger partial charge in [0.15, 0.2) is 0 Å². The number of aromatic amines is 1. The van der Waals surface area contributed by atoms with Gasteiger partial charge in [-0.15, -0.1) is 0 Å². The Bertz CT molecular complexity index is 1100. The molecule has 0 bridgehead atoms. The molecular weight excluding hydrogens is 475 g/mol. The van der Waals surface area contributed by atoms with Gasteiger partial charge in [0.1, 0.15) is 11.9 Å². The minimum Gasteiger partial charge on any atom is -0.453 e. The molecule has 2 amide bonds. The lowest BCUT2D eigenvalue weighted by Gasteiger charge is -2.32. The summed E-state index contributed by atoms with van der Waals surface area (Å²) in [4.78, 5) is 35.0. The number of likely N-dealkylation sites (tertiary alicyclic amines) is 1. The zero-order chi connectivity index (χ0) is 27.0. The number of alkyl carbamates (subject to hydrolysis) is 1. The Morgan fingerprint density at radius 1 is 1.16 bits per heavy atom. The van der Waals surface area contributed by atoms with Gasteiger partial charge in [0.05, 0.1) is 42.3 Å². The molecule has 2 fully saturated rings. The molecule has 3 heterocycles. The maximum Gasteiger partial charge on any atom is 0.494 e. The smallest absolute Gasteiger partial charge is 0.453 e. The average molecular weight is 512 g/mol. The molecule has 2 saturated heterocycles. The van der Waals surface area contributed by atoms with Gasteiger partial charge in [0.25, 0.3) is 0 Å². The summed E-state index contributed by atoms with van der Waals surface area (Å²) in [6.45, 7) is 10.4. The first-order valence-corrected chi connectivity index (χ1v) is 12.7. The van der Waals surface area contributed by atoms with E-state index in [4.69, 9.17) is 18.8 Å². The number of H-pyrrole nitrogens is 1. The van der Waals surface area contributed by atoms with Crippen molar-refractivity contribution in [3.05, 3.63) is 36.3 Å². The molecule has 2 N–H and O–H groups in total. The topological polar surface area (TPSA) is 115 Å². The number of ether oxygens (including phenoxy) is 2. The van der Waals surface area contributed by atoms with Crippen molar-refractivity contribution in [1.29, 1.82) is 0 Å². The molecule has 1 aromatic carbocycles. The van der Waals surface area contributed by atoms with Crippen LogP contribution in [0.3, 0.4) is 0 Å². The zero-order valence-corrected chi connectivity index (χ0v) is 22.7. The summed E-state index contributed by atoms with van der Waals surface area (Å²) in [6.07, 6.45) is 2.18. The van der Waals surface area contributed by atoms with Crippen LogP contribution in [-0.2, 0) is 23.6 Å². The molecule has 0 radical (unpaired) electrons. The first-order chi connectivity index (χ1) is 17.5. The van der Waals surface area contributed by atoms with Gasteiger partial charge in [-0.25, -0.2) is 9.78 Å². The minimum atomic E-state index is -0.866. The van der Waals surface area contributed by atoms with E-state index >= 15 is 0 Å². The van der Waals surface area contributed by atoms with Gasteiger partial charge in [-0.05, 0) is 58.5 Å². The lowest BCUT2D eigenvalue weighted by atomic mass is 9.79. The van der Waals surface area contributed by atoms with Crippen molar-refractivity contribution in [2.45, 2.75) is 76.9 Å². The Balaban J connectivity index is 1.49. The van der Waals surface area contributed by atoms with E-state index in [-0.39, 0.29) is 11.9 Å². The molecule has 10 nitrogen and oxygen atoms in total. The predicted octanol–water partition coefficient (Wildman–Crippen LogP) is 2.80. The average Bonchev–Trinajstić information content (AvgIpc) is 3.59. The molecule has 3 atom stereocenters. The van der Waals surface area contributed by atoms with Gasteiger partial charge in [-0.2, -0.15) is 0 Å². The number of imidazole rings is 1. The number of hydrogen-bond acceptors (Lipinski definition) is 7. The van der Waals surface area contributed by atoms with Crippen LogP contribution in [-0.4, -0.2) is 78.1 Å². The number of carbonyl (C=O) groups is 2. The number of amides is 2. The number of nitrogens with one attached hydrogen (secondary N) is 2. The van der Waals surface area contributed by atoms with E-state index in [1.165, 1.54) is 14.2 Å². The van der Waals surface area contributed by atoms with Crippen molar-refractivity contribution in [3.63, 3.8) is 0 Å². The molecule has 1 aromatic heterocycles. The van der Waals surface area contributed by atoms with Crippen molar-refractivity contribution < 1.29 is 28.4 Å². The number of rotatable bonds is 7. The predicted molar refractivity (Wildman–Crippen MR) is 139 cm³/mol. The number of nitrogens with zero attached hydrogens (tertiary/aromatic N) is 2. The van der Waals surface area contributed by atoms with Crippen molar-refractivity contribution >= 4 is 24.6 Å². The zero-order valence-electron chi connectivity index (χ0n) is 22.7. The van der Waals surface area contributed by atoms with Crippen molar-refractivity contribution in [2.24, 2.45) is 0 Å². The normalized spacial score (nSPS) is 22.1. The monoisotopic (exact) mass is 512 g/mol. The molecule has 37 heavy (non-hydrogen) atoms. The largest absolute Gasteiger partial charge is 0.494 e. The third-order valence-electron chi connectivity index (χ3n) is 7.76. The van der Waals surface area contributed by atoms with Gasteiger partial charge in [-0.1, -0.05) is 24.3 Å². The number of aromatic nitrogens is 2. The highest BCUT2D eigenvalue weighted by Crippen LogP contribution is 2.37. The summed E-state index contributed by atoms with van der Waals surface area (Å²) < 4.78 is 22.4. The van der Waals surface area contributed by atoms with Crippen LogP contribution in [0, 0.1) is 0 Å². The summed E-state index contributed by atoms with van der Waals surface area (Å²) in [5.41, 5.74) is 1.97. The Morgan fingerprint density at radius 2 is 1.81 bits per heavy atom. The molecule has 2 aromatic rings. The van der Waals surface area contributed by atoms with Gasteiger partial charge >= 0.3 is 13.2 Å². The maximum absolute atomic E-state index is 13.4. The van der Waals surface area contributed by atoms with Crippen molar-refractivity contribution in [3.8, 4) is 11.3 Å². The highest BCUT2D eigenvalue weighted by Gasteiger charge is 2.51. The van der Waals surface area contributed by atoms with Gasteiger partial charge in [0, 0.05) is 13.7 Å². The molecule has 2 aliphatic heterocycles. The summed E-state index contributed by atoms with van der Waals surface area (Å²) in [6, 6.07) is 6.92. The first-order valence-electron chi connectivity index (χ1n) is 12.7. The summed E-state index contributed by atoms with van der Waals surface area (Å²) >= 11 is 0. The second-order valence-corrected chi connectivity index (χ2v) is 10.6. The van der Waals surface area contributed by atoms with Crippen molar-refractivity contribution in [1.82, 2.24) is 20.2 Å². The molecular formula is C26H37BN4O6. The standard InChI is InChI=1S/C26H37BN4O6/c1-16(34-6)21(30-24(33)35-7)23(32)31-14-8-9-20(31)22-28-15-19(29-22)17-10-12-18(13-11-17)27-36-25(2,3)26(4,5)37-27/h10-13,15-16,20-21H,8-9,14H2,1-7H3,(H,28,29)(H,30,33)/t16-,20+,21?/m1/s1. The fraction of sp³-hybridized carbons (Fsp3) is 0.577. The van der Waals surface area contributed by atoms with E-state index in [0.717, 1.165) is 29.6 Å². The van der Waals surface area contributed by atoms with Crippen LogP contribution in [0.5, 0.6) is 0 Å². The quantitative estimate of drug-likeness (QED) is 0.549. The van der Waals surface area contributed by atoms with Crippen LogP contribution in [0.1, 0.15) is 59.3 Å².